The number of carbonyl (C=O) groups is 1. The number of hydrogen-bond donors (Lipinski definition) is 1. The van der Waals surface area contributed by atoms with Crippen LogP contribution in [-0.2, 0) is 21.7 Å². The molecule has 0 unspecified atom stereocenters. The highest BCUT2D eigenvalue weighted by molar-refractivity contribution is 6.39. The standard InChI is InChI=1S/C30H27Cl2N3O6/c31-21-5-2-6-22(32)23(21)24-20(25(40-34-24)17-7-8-17)14-38-15-29-9-11-30(12-10-29,39-16-29)28-33-26(35-41-28)18-3-1-4-19(13-18)27(36)37/h1-6,13,17H,7-12,14-16H2,(H,36,37). The summed E-state index contributed by atoms with van der Waals surface area (Å²) < 4.78 is 24.2. The Labute approximate surface area is 245 Å². The molecule has 11 heteroatoms. The molecule has 2 bridgehead atoms. The van der Waals surface area contributed by atoms with Crippen molar-refractivity contribution >= 4 is 29.2 Å². The third-order valence-electron chi connectivity index (χ3n) is 8.58. The lowest BCUT2D eigenvalue weighted by Gasteiger charge is -2.51. The first-order valence-corrected chi connectivity index (χ1v) is 14.4. The van der Waals surface area contributed by atoms with Gasteiger partial charge in [-0.05, 0) is 62.8 Å². The monoisotopic (exact) mass is 595 g/mol. The molecular weight excluding hydrogens is 569 g/mol. The highest BCUT2D eigenvalue weighted by Gasteiger charge is 2.53. The molecule has 2 aliphatic heterocycles. The Balaban J connectivity index is 1.04. The zero-order chi connectivity index (χ0) is 28.2. The quantitative estimate of drug-likeness (QED) is 0.213. The Kier molecular flexibility index (Phi) is 6.65. The van der Waals surface area contributed by atoms with E-state index in [1.807, 2.05) is 6.07 Å². The van der Waals surface area contributed by atoms with Crippen LogP contribution in [0.2, 0.25) is 10.0 Å². The number of aromatic carboxylic acids is 1. The van der Waals surface area contributed by atoms with E-state index in [4.69, 9.17) is 41.7 Å². The van der Waals surface area contributed by atoms with E-state index in [1.54, 1.807) is 24.3 Å². The van der Waals surface area contributed by atoms with E-state index in [0.29, 0.717) is 64.3 Å². The van der Waals surface area contributed by atoms with Crippen LogP contribution in [0.25, 0.3) is 22.6 Å². The molecule has 2 saturated heterocycles. The Hall–Kier alpha value is -3.24. The van der Waals surface area contributed by atoms with Gasteiger partial charge in [-0.1, -0.05) is 51.7 Å². The van der Waals surface area contributed by atoms with Crippen molar-refractivity contribution in [3.8, 4) is 22.6 Å². The second kappa shape index (κ2) is 10.2. The van der Waals surface area contributed by atoms with Gasteiger partial charge in [0.2, 0.25) is 5.82 Å². The van der Waals surface area contributed by atoms with E-state index in [1.165, 1.54) is 12.1 Å². The molecule has 1 N–H and O–H groups in total. The second-order valence-corrected chi connectivity index (χ2v) is 12.1. The maximum absolute atomic E-state index is 11.4. The topological polar surface area (TPSA) is 121 Å². The predicted molar refractivity (Wildman–Crippen MR) is 149 cm³/mol. The second-order valence-electron chi connectivity index (χ2n) is 11.3. The fraction of sp³-hybridized carbons (Fsp3) is 0.400. The summed E-state index contributed by atoms with van der Waals surface area (Å²) in [5, 5.41) is 18.8. The van der Waals surface area contributed by atoms with Crippen LogP contribution in [0.15, 0.2) is 51.5 Å². The molecule has 4 fully saturated rings. The van der Waals surface area contributed by atoms with E-state index in [0.717, 1.165) is 49.8 Å². The number of carboxylic acids is 1. The Morgan fingerprint density at radius 3 is 2.46 bits per heavy atom. The van der Waals surface area contributed by atoms with Crippen LogP contribution in [0.4, 0.5) is 0 Å². The van der Waals surface area contributed by atoms with Gasteiger partial charge in [0.1, 0.15) is 17.1 Å². The van der Waals surface area contributed by atoms with Crippen molar-refractivity contribution in [3.63, 3.8) is 0 Å². The summed E-state index contributed by atoms with van der Waals surface area (Å²) in [6.45, 7) is 1.40. The van der Waals surface area contributed by atoms with Crippen molar-refractivity contribution in [2.75, 3.05) is 13.2 Å². The number of rotatable bonds is 9. The highest BCUT2D eigenvalue weighted by Crippen LogP contribution is 2.54. The van der Waals surface area contributed by atoms with Crippen LogP contribution in [-0.4, -0.2) is 39.6 Å². The summed E-state index contributed by atoms with van der Waals surface area (Å²) in [5.74, 6) is 0.988. The first-order valence-electron chi connectivity index (χ1n) is 13.7. The third kappa shape index (κ3) is 4.84. The van der Waals surface area contributed by atoms with Gasteiger partial charge >= 0.3 is 5.97 Å². The Morgan fingerprint density at radius 1 is 1.02 bits per heavy atom. The Bertz CT molecular complexity index is 1580. The van der Waals surface area contributed by atoms with Crippen molar-refractivity contribution in [3.05, 3.63) is 75.3 Å². The van der Waals surface area contributed by atoms with Crippen molar-refractivity contribution in [1.82, 2.24) is 15.3 Å². The molecule has 2 saturated carbocycles. The average Bonchev–Trinajstić information content (AvgIpc) is 3.55. The van der Waals surface area contributed by atoms with Gasteiger partial charge in [0.15, 0.2) is 0 Å². The molecule has 4 heterocycles. The van der Waals surface area contributed by atoms with Gasteiger partial charge in [-0.3, -0.25) is 0 Å². The largest absolute Gasteiger partial charge is 0.478 e. The van der Waals surface area contributed by atoms with Crippen LogP contribution < -0.4 is 0 Å². The zero-order valence-electron chi connectivity index (χ0n) is 22.1. The summed E-state index contributed by atoms with van der Waals surface area (Å²) in [4.78, 5) is 16.0. The predicted octanol–water partition coefficient (Wildman–Crippen LogP) is 7.28. The molecule has 0 atom stereocenters. The first-order chi connectivity index (χ1) is 19.9. The fourth-order valence-corrected chi connectivity index (χ4v) is 6.54. The Morgan fingerprint density at radius 2 is 1.78 bits per heavy atom. The lowest BCUT2D eigenvalue weighted by atomic mass is 9.66. The molecule has 0 spiro atoms. The summed E-state index contributed by atoms with van der Waals surface area (Å²) >= 11 is 13.0. The molecule has 2 aliphatic carbocycles. The number of nitrogens with zero attached hydrogens (tertiary/aromatic N) is 3. The molecule has 9 nitrogen and oxygen atoms in total. The van der Waals surface area contributed by atoms with Crippen LogP contribution in [0.5, 0.6) is 0 Å². The van der Waals surface area contributed by atoms with Crippen molar-refractivity contribution in [2.24, 2.45) is 5.41 Å². The van der Waals surface area contributed by atoms with Crippen LogP contribution in [0.3, 0.4) is 0 Å². The van der Waals surface area contributed by atoms with Gasteiger partial charge in [0, 0.05) is 28.0 Å². The van der Waals surface area contributed by atoms with Gasteiger partial charge in [0.25, 0.3) is 5.89 Å². The maximum Gasteiger partial charge on any atom is 0.335 e. The van der Waals surface area contributed by atoms with Crippen LogP contribution >= 0.6 is 23.2 Å². The number of benzene rings is 2. The lowest BCUT2D eigenvalue weighted by molar-refractivity contribution is -0.215. The number of fused-ring (bicyclic) bond motifs is 3. The molecule has 41 heavy (non-hydrogen) atoms. The van der Waals surface area contributed by atoms with E-state index in [9.17, 15) is 9.90 Å². The van der Waals surface area contributed by atoms with Crippen LogP contribution in [0.1, 0.15) is 72.0 Å². The van der Waals surface area contributed by atoms with E-state index >= 15 is 0 Å². The first kappa shape index (κ1) is 26.6. The highest BCUT2D eigenvalue weighted by atomic mass is 35.5. The SMILES string of the molecule is O=C(O)c1cccc(-c2noc(C34CCC(COCc5c(-c6c(Cl)cccc6Cl)noc5C5CC5)(CC3)CO4)n2)c1. The molecule has 212 valence electrons. The molecule has 4 aromatic rings. The number of carboxylic acid groups (broad SMARTS) is 1. The molecule has 0 amide bonds. The summed E-state index contributed by atoms with van der Waals surface area (Å²) in [6, 6.07) is 11.9. The lowest BCUT2D eigenvalue weighted by Crippen LogP contribution is -2.51. The summed E-state index contributed by atoms with van der Waals surface area (Å²) in [5.41, 5.74) is 2.22. The molecule has 8 rings (SSSR count). The fourth-order valence-electron chi connectivity index (χ4n) is 5.96. The number of hydrogen-bond acceptors (Lipinski definition) is 8. The minimum atomic E-state index is -1.01. The molecular formula is C30H27Cl2N3O6. The van der Waals surface area contributed by atoms with Gasteiger partial charge in [-0.25, -0.2) is 4.79 Å². The molecule has 4 aliphatic rings. The minimum absolute atomic E-state index is 0.112. The number of halogens is 2. The number of aromatic nitrogens is 3. The molecule has 2 aromatic carbocycles. The maximum atomic E-state index is 11.4. The summed E-state index contributed by atoms with van der Waals surface area (Å²) in [7, 11) is 0. The van der Waals surface area contributed by atoms with E-state index in [2.05, 4.69) is 15.3 Å². The van der Waals surface area contributed by atoms with Gasteiger partial charge in [-0.2, -0.15) is 4.98 Å². The molecule has 2 aromatic heterocycles. The van der Waals surface area contributed by atoms with Crippen LogP contribution in [0, 0.1) is 5.41 Å². The summed E-state index contributed by atoms with van der Waals surface area (Å²) in [6.07, 6.45) is 5.38. The van der Waals surface area contributed by atoms with Gasteiger partial charge in [0.05, 0.1) is 35.4 Å². The normalized spacial score (nSPS) is 23.7. The zero-order valence-corrected chi connectivity index (χ0v) is 23.6. The van der Waals surface area contributed by atoms with E-state index in [-0.39, 0.29) is 11.0 Å². The number of ether oxygens (including phenoxy) is 2. The minimum Gasteiger partial charge on any atom is -0.478 e. The van der Waals surface area contributed by atoms with Gasteiger partial charge < -0.3 is 23.6 Å². The average molecular weight is 596 g/mol. The van der Waals surface area contributed by atoms with E-state index < -0.39 is 11.6 Å². The molecule has 0 radical (unpaired) electrons. The smallest absolute Gasteiger partial charge is 0.335 e. The van der Waals surface area contributed by atoms with Gasteiger partial charge in [-0.15, -0.1) is 0 Å². The van der Waals surface area contributed by atoms with Crippen molar-refractivity contribution < 1.29 is 28.4 Å². The third-order valence-corrected chi connectivity index (χ3v) is 9.21. The van der Waals surface area contributed by atoms with Crippen molar-refractivity contribution in [2.45, 2.75) is 56.7 Å². The van der Waals surface area contributed by atoms with Crippen molar-refractivity contribution in [1.29, 1.82) is 0 Å².